The van der Waals surface area contributed by atoms with Crippen molar-refractivity contribution in [2.75, 3.05) is 14.2 Å². The molecule has 0 saturated carbocycles. The van der Waals surface area contributed by atoms with E-state index in [1.165, 1.54) is 0 Å². The number of nitrogens with zero attached hydrogens (tertiary/aromatic N) is 1. The van der Waals surface area contributed by atoms with E-state index in [4.69, 9.17) is 4.74 Å². The van der Waals surface area contributed by atoms with Gasteiger partial charge in [-0.05, 0) is 5.56 Å². The zero-order valence-electron chi connectivity index (χ0n) is 10.6. The first-order valence-corrected chi connectivity index (χ1v) is 5.26. The first-order valence-electron chi connectivity index (χ1n) is 5.26. The second-order valence-corrected chi connectivity index (χ2v) is 3.54. The fourth-order valence-electron chi connectivity index (χ4n) is 1.40. The molecule has 0 N–H and O–H groups in total. The Labute approximate surface area is 111 Å². The predicted octanol–water partition coefficient (Wildman–Crippen LogP) is 2.17. The number of pyridine rings is 1. The molecule has 1 aromatic heterocycles. The highest BCUT2D eigenvalue weighted by Crippen LogP contribution is 2.30. The summed E-state index contributed by atoms with van der Waals surface area (Å²) in [4.78, 5) is 14.6. The van der Waals surface area contributed by atoms with Gasteiger partial charge in [0, 0.05) is 11.6 Å². The van der Waals surface area contributed by atoms with Gasteiger partial charge in [-0.15, -0.1) is 13.2 Å². The van der Waals surface area contributed by atoms with Crippen molar-refractivity contribution in [2.45, 2.75) is 19.5 Å². The highest BCUT2D eigenvalue weighted by Gasteiger charge is 2.34. The lowest BCUT2D eigenvalue weighted by Crippen LogP contribution is -2.20. The maximum absolute atomic E-state index is 12.9. The lowest BCUT2D eigenvalue weighted by molar-refractivity contribution is -0.276. The number of hydrogen-bond acceptors (Lipinski definition) is 5. The van der Waals surface area contributed by atoms with Gasteiger partial charge in [-0.1, -0.05) is 0 Å². The van der Waals surface area contributed by atoms with E-state index in [0.29, 0.717) is 0 Å². The zero-order valence-corrected chi connectivity index (χ0v) is 10.6. The SMILES string of the molecule is COC(=O)Cc1cc(OC)nc(OC(F)(F)F)c1CF. The number of carbonyl (C=O) groups is 1. The van der Waals surface area contributed by atoms with Crippen molar-refractivity contribution >= 4 is 5.97 Å². The van der Waals surface area contributed by atoms with E-state index in [0.717, 1.165) is 20.3 Å². The molecule has 0 radical (unpaired) electrons. The van der Waals surface area contributed by atoms with Gasteiger partial charge < -0.3 is 14.2 Å². The summed E-state index contributed by atoms with van der Waals surface area (Å²) in [6.45, 7) is -1.28. The molecule has 0 fully saturated rings. The quantitative estimate of drug-likeness (QED) is 0.616. The van der Waals surface area contributed by atoms with Gasteiger partial charge in [0.05, 0.1) is 20.6 Å². The molecule has 0 amide bonds. The Hall–Kier alpha value is -2.06. The Morgan fingerprint density at radius 3 is 2.45 bits per heavy atom. The van der Waals surface area contributed by atoms with Gasteiger partial charge in [-0.25, -0.2) is 4.39 Å². The van der Waals surface area contributed by atoms with Gasteiger partial charge in [-0.2, -0.15) is 4.98 Å². The van der Waals surface area contributed by atoms with Crippen LogP contribution in [0.1, 0.15) is 11.1 Å². The highest BCUT2D eigenvalue weighted by molar-refractivity contribution is 5.73. The van der Waals surface area contributed by atoms with Crippen molar-refractivity contribution in [3.05, 3.63) is 17.2 Å². The Morgan fingerprint density at radius 1 is 1.35 bits per heavy atom. The minimum atomic E-state index is -5.04. The molecule has 0 spiro atoms. The normalized spacial score (nSPS) is 11.1. The number of halogens is 4. The summed E-state index contributed by atoms with van der Waals surface area (Å²) in [6.07, 6.45) is -5.46. The van der Waals surface area contributed by atoms with Crippen molar-refractivity contribution in [1.29, 1.82) is 0 Å². The molecule has 0 unspecified atom stereocenters. The third-order valence-corrected chi connectivity index (χ3v) is 2.27. The number of methoxy groups -OCH3 is 2. The average molecular weight is 297 g/mol. The number of aromatic nitrogens is 1. The van der Waals surface area contributed by atoms with Crippen molar-refractivity contribution in [1.82, 2.24) is 4.98 Å². The van der Waals surface area contributed by atoms with Crippen LogP contribution < -0.4 is 9.47 Å². The fourth-order valence-corrected chi connectivity index (χ4v) is 1.40. The molecule has 0 bridgehead atoms. The van der Waals surface area contributed by atoms with Crippen LogP contribution in [0.2, 0.25) is 0 Å². The molecule has 1 rings (SSSR count). The molecule has 0 atom stereocenters. The Kier molecular flexibility index (Phi) is 5.12. The second kappa shape index (κ2) is 6.40. The number of alkyl halides is 4. The molecular weight excluding hydrogens is 286 g/mol. The van der Waals surface area contributed by atoms with E-state index < -0.39 is 36.9 Å². The summed E-state index contributed by atoms with van der Waals surface area (Å²) < 4.78 is 62.4. The summed E-state index contributed by atoms with van der Waals surface area (Å²) in [5, 5.41) is 0. The summed E-state index contributed by atoms with van der Waals surface area (Å²) in [6, 6.07) is 1.15. The van der Waals surface area contributed by atoms with Crippen LogP contribution in [0.15, 0.2) is 6.07 Å². The molecule has 0 aromatic carbocycles. The topological polar surface area (TPSA) is 57.7 Å². The molecule has 0 saturated heterocycles. The monoisotopic (exact) mass is 297 g/mol. The third-order valence-electron chi connectivity index (χ3n) is 2.27. The molecule has 1 aromatic rings. The van der Waals surface area contributed by atoms with Crippen LogP contribution in [-0.4, -0.2) is 31.5 Å². The average Bonchev–Trinajstić information content (AvgIpc) is 2.36. The van der Waals surface area contributed by atoms with E-state index >= 15 is 0 Å². The third kappa shape index (κ3) is 4.25. The molecule has 5 nitrogen and oxygen atoms in total. The van der Waals surface area contributed by atoms with Crippen LogP contribution in [0, 0.1) is 0 Å². The Bertz CT molecular complexity index is 490. The highest BCUT2D eigenvalue weighted by atomic mass is 19.4. The van der Waals surface area contributed by atoms with E-state index in [1.807, 2.05) is 0 Å². The smallest absolute Gasteiger partial charge is 0.481 e. The first kappa shape index (κ1) is 16.0. The van der Waals surface area contributed by atoms with Crippen LogP contribution >= 0.6 is 0 Å². The predicted molar refractivity (Wildman–Crippen MR) is 58.0 cm³/mol. The van der Waals surface area contributed by atoms with E-state index in [-0.39, 0.29) is 11.4 Å². The van der Waals surface area contributed by atoms with E-state index in [9.17, 15) is 22.4 Å². The van der Waals surface area contributed by atoms with Crippen LogP contribution in [0.5, 0.6) is 11.8 Å². The van der Waals surface area contributed by atoms with Gasteiger partial charge >= 0.3 is 12.3 Å². The van der Waals surface area contributed by atoms with Crippen LogP contribution in [0.25, 0.3) is 0 Å². The largest absolute Gasteiger partial charge is 0.574 e. The van der Waals surface area contributed by atoms with Crippen molar-refractivity contribution < 1.29 is 36.6 Å². The van der Waals surface area contributed by atoms with Crippen LogP contribution in [-0.2, 0) is 22.6 Å². The molecule has 112 valence electrons. The molecule has 9 heteroatoms. The number of esters is 1. The van der Waals surface area contributed by atoms with Gasteiger partial charge in [0.1, 0.15) is 6.67 Å². The number of rotatable bonds is 5. The lowest BCUT2D eigenvalue weighted by atomic mass is 10.1. The number of hydrogen-bond donors (Lipinski definition) is 0. The minimum Gasteiger partial charge on any atom is -0.481 e. The molecule has 0 aliphatic rings. The molecule has 0 aliphatic carbocycles. The van der Waals surface area contributed by atoms with E-state index in [1.54, 1.807) is 0 Å². The zero-order chi connectivity index (χ0) is 15.3. The lowest BCUT2D eigenvalue weighted by Gasteiger charge is -2.15. The maximum Gasteiger partial charge on any atom is 0.574 e. The Morgan fingerprint density at radius 2 is 2.00 bits per heavy atom. The number of ether oxygens (including phenoxy) is 3. The molecule has 0 aliphatic heterocycles. The summed E-state index contributed by atoms with van der Waals surface area (Å²) in [5.41, 5.74) is -0.529. The van der Waals surface area contributed by atoms with Crippen molar-refractivity contribution in [3.63, 3.8) is 0 Å². The fraction of sp³-hybridized carbons (Fsp3) is 0.455. The van der Waals surface area contributed by atoms with Crippen LogP contribution in [0.3, 0.4) is 0 Å². The van der Waals surface area contributed by atoms with Gasteiger partial charge in [0.2, 0.25) is 11.8 Å². The molecule has 1 heterocycles. The summed E-state index contributed by atoms with van der Waals surface area (Å²) >= 11 is 0. The standard InChI is InChI=1S/C11H11F4NO4/c1-18-8-3-6(4-9(17)19-2)7(5-12)10(16-8)20-11(13,14)15/h3H,4-5H2,1-2H3. The second-order valence-electron chi connectivity index (χ2n) is 3.54. The van der Waals surface area contributed by atoms with Crippen molar-refractivity contribution in [3.8, 4) is 11.8 Å². The van der Waals surface area contributed by atoms with E-state index in [2.05, 4.69) is 14.5 Å². The van der Waals surface area contributed by atoms with Crippen molar-refractivity contribution in [2.24, 2.45) is 0 Å². The first-order chi connectivity index (χ1) is 9.30. The molecular formula is C11H11F4NO4. The minimum absolute atomic E-state index is 0.0505. The molecule has 20 heavy (non-hydrogen) atoms. The van der Waals surface area contributed by atoms with Gasteiger partial charge in [-0.3, -0.25) is 4.79 Å². The maximum atomic E-state index is 12.9. The summed E-state index contributed by atoms with van der Waals surface area (Å²) in [5.74, 6) is -1.97. The number of carbonyl (C=O) groups excluding carboxylic acids is 1. The van der Waals surface area contributed by atoms with Gasteiger partial charge in [0.15, 0.2) is 0 Å². The van der Waals surface area contributed by atoms with Gasteiger partial charge in [0.25, 0.3) is 0 Å². The Balaban J connectivity index is 3.27. The summed E-state index contributed by atoms with van der Waals surface area (Å²) in [7, 11) is 2.26. The van der Waals surface area contributed by atoms with Crippen LogP contribution in [0.4, 0.5) is 17.6 Å².